The molecule has 3 N–H and O–H groups in total. The van der Waals surface area contributed by atoms with Crippen molar-refractivity contribution < 1.29 is 5.11 Å². The molecule has 0 aliphatic rings. The molecule has 16 heavy (non-hydrogen) atoms. The molecule has 0 saturated heterocycles. The van der Waals surface area contributed by atoms with Crippen LogP contribution in [0.3, 0.4) is 0 Å². The Bertz CT molecular complexity index is 339. The van der Waals surface area contributed by atoms with Crippen LogP contribution in [0.15, 0.2) is 18.3 Å². The van der Waals surface area contributed by atoms with Crippen molar-refractivity contribution in [3.63, 3.8) is 0 Å². The van der Waals surface area contributed by atoms with Gasteiger partial charge in [0, 0.05) is 24.8 Å². The monoisotopic (exact) mass is 223 g/mol. The van der Waals surface area contributed by atoms with Crippen LogP contribution in [-0.4, -0.2) is 34.2 Å². The first kappa shape index (κ1) is 13.1. The average Bonchev–Trinajstić information content (AvgIpc) is 2.29. The van der Waals surface area contributed by atoms with Gasteiger partial charge in [-0.15, -0.1) is 0 Å². The Hall–Kier alpha value is -0.970. The summed E-state index contributed by atoms with van der Waals surface area (Å²) in [6.45, 7) is 5.33. The van der Waals surface area contributed by atoms with Gasteiger partial charge < -0.3 is 10.8 Å². The molecule has 0 bridgehead atoms. The minimum Gasteiger partial charge on any atom is -0.394 e. The Morgan fingerprint density at radius 3 is 2.75 bits per heavy atom. The summed E-state index contributed by atoms with van der Waals surface area (Å²) >= 11 is 0. The lowest BCUT2D eigenvalue weighted by molar-refractivity contribution is 0.0731. The number of aromatic nitrogens is 1. The molecular formula is C12H21N3O. The van der Waals surface area contributed by atoms with Crippen molar-refractivity contribution in [3.8, 4) is 0 Å². The fourth-order valence-electron chi connectivity index (χ4n) is 1.39. The average molecular weight is 223 g/mol. The number of hydrogen-bond acceptors (Lipinski definition) is 4. The molecule has 0 spiro atoms. The van der Waals surface area contributed by atoms with Crippen LogP contribution in [0.2, 0.25) is 0 Å². The molecule has 0 aromatic carbocycles. The summed E-state index contributed by atoms with van der Waals surface area (Å²) in [5.74, 6) is 0. The van der Waals surface area contributed by atoms with E-state index in [1.54, 1.807) is 6.20 Å². The standard InChI is InChI=1S/C12H21N3O/c1-12(2,9-16)15(3)8-10-5-4-6-14-11(10)7-13/h4-6,16H,7-9,13H2,1-3H3. The van der Waals surface area contributed by atoms with Gasteiger partial charge in [0.05, 0.1) is 12.3 Å². The third-order valence-corrected chi connectivity index (χ3v) is 3.01. The SMILES string of the molecule is CN(Cc1cccnc1CN)C(C)(C)CO. The first-order chi connectivity index (χ1) is 7.51. The van der Waals surface area contributed by atoms with E-state index >= 15 is 0 Å². The van der Waals surface area contributed by atoms with Gasteiger partial charge in [0.2, 0.25) is 0 Å². The molecule has 0 atom stereocenters. The molecule has 4 heteroatoms. The summed E-state index contributed by atoms with van der Waals surface area (Å²) in [4.78, 5) is 6.34. The summed E-state index contributed by atoms with van der Waals surface area (Å²) in [6.07, 6.45) is 1.75. The summed E-state index contributed by atoms with van der Waals surface area (Å²) in [5, 5.41) is 9.29. The third kappa shape index (κ3) is 3.01. The van der Waals surface area contributed by atoms with Gasteiger partial charge in [-0.1, -0.05) is 6.07 Å². The summed E-state index contributed by atoms with van der Waals surface area (Å²) < 4.78 is 0. The summed E-state index contributed by atoms with van der Waals surface area (Å²) in [5.41, 5.74) is 7.44. The maximum Gasteiger partial charge on any atom is 0.0610 e. The molecule has 0 aliphatic heterocycles. The molecule has 0 unspecified atom stereocenters. The molecule has 0 radical (unpaired) electrons. The van der Waals surface area contributed by atoms with Gasteiger partial charge in [-0.2, -0.15) is 0 Å². The Kier molecular flexibility index (Phi) is 4.41. The normalized spacial score (nSPS) is 12.1. The molecule has 0 saturated carbocycles. The predicted molar refractivity (Wildman–Crippen MR) is 64.8 cm³/mol. The lowest BCUT2D eigenvalue weighted by Gasteiger charge is -2.34. The van der Waals surface area contributed by atoms with Gasteiger partial charge in [0.1, 0.15) is 0 Å². The van der Waals surface area contributed by atoms with Crippen molar-refractivity contribution in [2.75, 3.05) is 13.7 Å². The maximum atomic E-state index is 9.29. The second-order valence-electron chi connectivity index (χ2n) is 4.64. The molecule has 90 valence electrons. The van der Waals surface area contributed by atoms with Gasteiger partial charge in [-0.3, -0.25) is 9.88 Å². The van der Waals surface area contributed by atoms with Crippen molar-refractivity contribution in [2.45, 2.75) is 32.5 Å². The van der Waals surface area contributed by atoms with Crippen molar-refractivity contribution in [1.82, 2.24) is 9.88 Å². The molecule has 4 nitrogen and oxygen atoms in total. The maximum absolute atomic E-state index is 9.29. The number of pyridine rings is 1. The van der Waals surface area contributed by atoms with Gasteiger partial charge in [-0.25, -0.2) is 0 Å². The Labute approximate surface area is 97.1 Å². The fraction of sp³-hybridized carbons (Fsp3) is 0.583. The molecule has 1 aromatic heterocycles. The highest BCUT2D eigenvalue weighted by atomic mass is 16.3. The molecule has 1 heterocycles. The Morgan fingerprint density at radius 2 is 2.19 bits per heavy atom. The largest absolute Gasteiger partial charge is 0.394 e. The minimum atomic E-state index is -0.234. The first-order valence-corrected chi connectivity index (χ1v) is 5.46. The predicted octanol–water partition coefficient (Wildman–Crippen LogP) is 0.743. The van der Waals surface area contributed by atoms with Gasteiger partial charge in [0.25, 0.3) is 0 Å². The van der Waals surface area contributed by atoms with Crippen LogP contribution in [0.1, 0.15) is 25.1 Å². The summed E-state index contributed by atoms with van der Waals surface area (Å²) in [6, 6.07) is 3.94. The quantitative estimate of drug-likeness (QED) is 0.773. The number of likely N-dealkylation sites (N-methyl/N-ethyl adjacent to an activating group) is 1. The zero-order valence-electron chi connectivity index (χ0n) is 10.3. The van der Waals surface area contributed by atoms with E-state index in [2.05, 4.69) is 9.88 Å². The van der Waals surface area contributed by atoms with E-state index in [1.807, 2.05) is 33.0 Å². The van der Waals surface area contributed by atoms with Crippen molar-refractivity contribution in [1.29, 1.82) is 0 Å². The van der Waals surface area contributed by atoms with Crippen LogP contribution < -0.4 is 5.73 Å². The molecule has 0 aliphatic carbocycles. The molecule has 0 fully saturated rings. The van der Waals surface area contributed by atoms with E-state index in [0.29, 0.717) is 6.54 Å². The van der Waals surface area contributed by atoms with E-state index in [-0.39, 0.29) is 12.1 Å². The number of rotatable bonds is 5. The number of aliphatic hydroxyl groups is 1. The Morgan fingerprint density at radius 1 is 1.50 bits per heavy atom. The highest BCUT2D eigenvalue weighted by Gasteiger charge is 2.22. The molecule has 1 aromatic rings. The Balaban J connectivity index is 2.80. The van der Waals surface area contributed by atoms with Gasteiger partial charge in [0.15, 0.2) is 0 Å². The molecule has 0 amide bonds. The number of aliphatic hydroxyl groups excluding tert-OH is 1. The first-order valence-electron chi connectivity index (χ1n) is 5.46. The van der Waals surface area contributed by atoms with Crippen molar-refractivity contribution in [2.24, 2.45) is 5.73 Å². The van der Waals surface area contributed by atoms with Crippen LogP contribution in [0.25, 0.3) is 0 Å². The van der Waals surface area contributed by atoms with Crippen LogP contribution in [0.4, 0.5) is 0 Å². The number of nitrogens with two attached hydrogens (primary N) is 1. The van der Waals surface area contributed by atoms with Gasteiger partial charge in [-0.05, 0) is 32.5 Å². The molecule has 1 rings (SSSR count). The van der Waals surface area contributed by atoms with E-state index in [4.69, 9.17) is 5.73 Å². The zero-order valence-corrected chi connectivity index (χ0v) is 10.3. The van der Waals surface area contributed by atoms with Crippen LogP contribution in [0.5, 0.6) is 0 Å². The van der Waals surface area contributed by atoms with Crippen LogP contribution in [-0.2, 0) is 13.1 Å². The smallest absolute Gasteiger partial charge is 0.0610 e. The van der Waals surface area contributed by atoms with Gasteiger partial charge >= 0.3 is 0 Å². The van der Waals surface area contributed by atoms with E-state index in [1.165, 1.54) is 0 Å². The zero-order chi connectivity index (χ0) is 12.2. The van der Waals surface area contributed by atoms with E-state index in [9.17, 15) is 5.11 Å². The van der Waals surface area contributed by atoms with Crippen molar-refractivity contribution >= 4 is 0 Å². The third-order valence-electron chi connectivity index (χ3n) is 3.01. The van der Waals surface area contributed by atoms with Crippen molar-refractivity contribution in [3.05, 3.63) is 29.6 Å². The molecular weight excluding hydrogens is 202 g/mol. The fourth-order valence-corrected chi connectivity index (χ4v) is 1.39. The second-order valence-corrected chi connectivity index (χ2v) is 4.64. The van der Waals surface area contributed by atoms with Crippen LogP contribution >= 0.6 is 0 Å². The lowest BCUT2D eigenvalue weighted by atomic mass is 10.0. The highest BCUT2D eigenvalue weighted by Crippen LogP contribution is 2.16. The van der Waals surface area contributed by atoms with E-state index < -0.39 is 0 Å². The summed E-state index contributed by atoms with van der Waals surface area (Å²) in [7, 11) is 1.99. The number of hydrogen-bond donors (Lipinski definition) is 2. The topological polar surface area (TPSA) is 62.4 Å². The van der Waals surface area contributed by atoms with E-state index in [0.717, 1.165) is 17.8 Å². The minimum absolute atomic E-state index is 0.127. The lowest BCUT2D eigenvalue weighted by Crippen LogP contribution is -2.43. The highest BCUT2D eigenvalue weighted by molar-refractivity contribution is 5.19. The van der Waals surface area contributed by atoms with Crippen LogP contribution in [0, 0.1) is 0 Å². The number of nitrogens with zero attached hydrogens (tertiary/aromatic N) is 2. The second kappa shape index (κ2) is 5.39.